The molecule has 110 valence electrons. The quantitative estimate of drug-likeness (QED) is 0.863. The van der Waals surface area contributed by atoms with Gasteiger partial charge in [-0.05, 0) is 24.3 Å². The van der Waals surface area contributed by atoms with Gasteiger partial charge in [0.25, 0.3) is 0 Å². The number of halogens is 4. The molecule has 0 atom stereocenters. The van der Waals surface area contributed by atoms with Crippen molar-refractivity contribution in [2.45, 2.75) is 6.18 Å². The summed E-state index contributed by atoms with van der Waals surface area (Å²) in [4.78, 5) is 4.03. The fourth-order valence-electron chi connectivity index (χ4n) is 1.94. The zero-order chi connectivity index (χ0) is 15.2. The van der Waals surface area contributed by atoms with Crippen molar-refractivity contribution in [1.82, 2.24) is 10.0 Å². The molecule has 0 fully saturated rings. The van der Waals surface area contributed by atoms with Crippen LogP contribution in [0.4, 0.5) is 13.2 Å². The van der Waals surface area contributed by atoms with Crippen LogP contribution in [0, 0.1) is 0 Å². The average Bonchev–Trinajstić information content (AvgIpc) is 2.79. The average molecular weight is 317 g/mol. The predicted molar refractivity (Wildman–Crippen MR) is 69.4 cm³/mol. The van der Waals surface area contributed by atoms with E-state index in [4.69, 9.17) is 16.0 Å². The van der Waals surface area contributed by atoms with E-state index in [1.54, 1.807) is 6.08 Å². The largest absolute Gasteiger partial charge is 0.436 e. The molecule has 1 N–H and O–H groups in total. The Morgan fingerprint density at radius 1 is 1.33 bits per heavy atom. The van der Waals surface area contributed by atoms with Crippen LogP contribution in [0.1, 0.15) is 11.5 Å². The Morgan fingerprint density at radius 2 is 2.10 bits per heavy atom. The first-order valence-corrected chi connectivity index (χ1v) is 6.24. The van der Waals surface area contributed by atoms with Crippen LogP contribution in [0.3, 0.4) is 0 Å². The normalized spacial score (nSPS) is 16.1. The van der Waals surface area contributed by atoms with Gasteiger partial charge in [0.1, 0.15) is 5.52 Å². The van der Waals surface area contributed by atoms with Crippen LogP contribution >= 0.6 is 11.6 Å². The van der Waals surface area contributed by atoms with Crippen LogP contribution in [-0.2, 0) is 6.18 Å². The third kappa shape index (κ3) is 2.62. The Bertz CT molecular complexity index is 764. The van der Waals surface area contributed by atoms with E-state index in [1.807, 2.05) is 0 Å². The predicted octanol–water partition coefficient (Wildman–Crippen LogP) is 4.02. The summed E-state index contributed by atoms with van der Waals surface area (Å²) in [6.45, 7) is 0.179. The first kappa shape index (κ1) is 14.0. The highest BCUT2D eigenvalue weighted by Crippen LogP contribution is 2.34. The SMILES string of the molecule is ON1C=C(Cl)C(c2nc3cc(C(F)(F)F)ccc3o2)=CC1. The lowest BCUT2D eigenvalue weighted by Gasteiger charge is -2.16. The van der Waals surface area contributed by atoms with Crippen LogP contribution in [0.25, 0.3) is 16.7 Å². The molecule has 1 aromatic heterocycles. The van der Waals surface area contributed by atoms with Gasteiger partial charge in [-0.2, -0.15) is 13.2 Å². The second-order valence-corrected chi connectivity index (χ2v) is 4.82. The molecule has 0 unspecified atom stereocenters. The monoisotopic (exact) mass is 316 g/mol. The first-order valence-electron chi connectivity index (χ1n) is 5.86. The molecular formula is C13H8ClF3N2O2. The highest BCUT2D eigenvalue weighted by atomic mass is 35.5. The van der Waals surface area contributed by atoms with E-state index >= 15 is 0 Å². The summed E-state index contributed by atoms with van der Waals surface area (Å²) in [5.74, 6) is 0.110. The van der Waals surface area contributed by atoms with E-state index in [9.17, 15) is 18.4 Å². The number of hydrogen-bond acceptors (Lipinski definition) is 4. The van der Waals surface area contributed by atoms with Crippen LogP contribution in [0.2, 0.25) is 0 Å². The lowest BCUT2D eigenvalue weighted by atomic mass is 10.2. The van der Waals surface area contributed by atoms with Crippen molar-refractivity contribution in [2.75, 3.05) is 6.54 Å². The molecule has 1 aromatic carbocycles. The molecule has 0 bridgehead atoms. The van der Waals surface area contributed by atoms with Crippen LogP contribution in [0.5, 0.6) is 0 Å². The van der Waals surface area contributed by atoms with Gasteiger partial charge < -0.3 is 4.42 Å². The maximum Gasteiger partial charge on any atom is 0.416 e. The third-order valence-electron chi connectivity index (χ3n) is 2.95. The number of hydrogen-bond donors (Lipinski definition) is 1. The Kier molecular flexibility index (Phi) is 3.18. The zero-order valence-corrected chi connectivity index (χ0v) is 11.1. The minimum atomic E-state index is -4.44. The van der Waals surface area contributed by atoms with Gasteiger partial charge in [0.05, 0.1) is 22.7 Å². The summed E-state index contributed by atoms with van der Waals surface area (Å²) in [5.41, 5.74) is -0.0474. The second-order valence-electron chi connectivity index (χ2n) is 4.42. The summed E-state index contributed by atoms with van der Waals surface area (Å²) >= 11 is 5.95. The number of hydroxylamine groups is 2. The Hall–Kier alpha value is -1.99. The Labute approximate surface area is 121 Å². The van der Waals surface area contributed by atoms with Crippen LogP contribution in [-0.4, -0.2) is 21.8 Å². The topological polar surface area (TPSA) is 49.5 Å². The van der Waals surface area contributed by atoms with Crippen molar-refractivity contribution < 1.29 is 22.8 Å². The van der Waals surface area contributed by atoms with Crippen molar-refractivity contribution in [3.8, 4) is 0 Å². The van der Waals surface area contributed by atoms with Gasteiger partial charge in [0.15, 0.2) is 5.58 Å². The fraction of sp³-hybridized carbons (Fsp3) is 0.154. The number of alkyl halides is 3. The molecular weight excluding hydrogens is 309 g/mol. The molecule has 0 amide bonds. The first-order chi connectivity index (χ1) is 9.84. The maximum atomic E-state index is 12.6. The Balaban J connectivity index is 2.04. The lowest BCUT2D eigenvalue weighted by Crippen LogP contribution is -2.15. The number of nitrogens with zero attached hydrogens (tertiary/aromatic N) is 2. The highest BCUT2D eigenvalue weighted by molar-refractivity contribution is 6.36. The van der Waals surface area contributed by atoms with Gasteiger partial charge in [-0.1, -0.05) is 11.6 Å². The number of oxazole rings is 1. The molecule has 0 radical (unpaired) electrons. The van der Waals surface area contributed by atoms with Crippen molar-refractivity contribution in [1.29, 1.82) is 0 Å². The van der Waals surface area contributed by atoms with Crippen molar-refractivity contribution in [3.05, 3.63) is 47.0 Å². The molecule has 21 heavy (non-hydrogen) atoms. The third-order valence-corrected chi connectivity index (χ3v) is 3.25. The molecule has 0 saturated carbocycles. The fourth-order valence-corrected chi connectivity index (χ4v) is 2.21. The van der Waals surface area contributed by atoms with Gasteiger partial charge in [-0.3, -0.25) is 10.3 Å². The molecule has 3 rings (SSSR count). The van der Waals surface area contributed by atoms with E-state index in [-0.39, 0.29) is 28.6 Å². The molecule has 8 heteroatoms. The lowest BCUT2D eigenvalue weighted by molar-refractivity contribution is -0.137. The smallest absolute Gasteiger partial charge is 0.416 e. The minimum absolute atomic E-state index is 0.0941. The van der Waals surface area contributed by atoms with Gasteiger partial charge in [0, 0.05) is 6.20 Å². The van der Waals surface area contributed by atoms with Crippen molar-refractivity contribution in [3.63, 3.8) is 0 Å². The highest BCUT2D eigenvalue weighted by Gasteiger charge is 2.31. The van der Waals surface area contributed by atoms with Gasteiger partial charge in [0.2, 0.25) is 5.89 Å². The molecule has 4 nitrogen and oxygen atoms in total. The summed E-state index contributed by atoms with van der Waals surface area (Å²) in [6, 6.07) is 3.06. The number of benzene rings is 1. The van der Waals surface area contributed by atoms with E-state index in [0.29, 0.717) is 5.57 Å². The summed E-state index contributed by atoms with van der Waals surface area (Å²) < 4.78 is 43.4. The molecule has 0 aliphatic carbocycles. The second kappa shape index (κ2) is 4.78. The number of fused-ring (bicyclic) bond motifs is 1. The number of allylic oxidation sites excluding steroid dienone is 2. The molecule has 0 saturated heterocycles. The molecule has 2 heterocycles. The van der Waals surface area contributed by atoms with Gasteiger partial charge in [-0.25, -0.2) is 4.98 Å². The zero-order valence-electron chi connectivity index (χ0n) is 10.4. The van der Waals surface area contributed by atoms with Crippen molar-refractivity contribution in [2.24, 2.45) is 0 Å². The number of aromatic nitrogens is 1. The standard InChI is InChI=1S/C13H8ClF3N2O2/c14-9-6-19(20)4-3-8(9)12-18-10-5-7(13(15,16)17)1-2-11(10)21-12/h1-3,5-6,20H,4H2. The Morgan fingerprint density at radius 3 is 2.76 bits per heavy atom. The van der Waals surface area contributed by atoms with Crippen molar-refractivity contribution >= 4 is 28.3 Å². The van der Waals surface area contributed by atoms with Crippen LogP contribution < -0.4 is 0 Å². The van der Waals surface area contributed by atoms with E-state index < -0.39 is 11.7 Å². The van der Waals surface area contributed by atoms with E-state index in [2.05, 4.69) is 4.98 Å². The minimum Gasteiger partial charge on any atom is -0.436 e. The van der Waals surface area contributed by atoms with Gasteiger partial charge in [-0.15, -0.1) is 0 Å². The summed E-state index contributed by atoms with van der Waals surface area (Å²) in [6.07, 6.45) is -1.60. The van der Waals surface area contributed by atoms with E-state index in [1.165, 1.54) is 12.3 Å². The molecule has 1 aliphatic rings. The van der Waals surface area contributed by atoms with Gasteiger partial charge >= 0.3 is 6.18 Å². The van der Waals surface area contributed by atoms with E-state index in [0.717, 1.165) is 17.2 Å². The molecule has 2 aromatic rings. The number of rotatable bonds is 1. The molecule has 0 spiro atoms. The summed E-state index contributed by atoms with van der Waals surface area (Å²) in [5, 5.41) is 10.3. The molecule has 1 aliphatic heterocycles. The van der Waals surface area contributed by atoms with Crippen LogP contribution in [0.15, 0.2) is 39.9 Å². The summed E-state index contributed by atoms with van der Waals surface area (Å²) in [7, 11) is 0. The maximum absolute atomic E-state index is 12.6.